The molecule has 0 aromatic rings. The molecule has 2 radical (unpaired) electrons. The van der Waals surface area contributed by atoms with Crippen LogP contribution in [0.15, 0.2) is 10.2 Å². The first kappa shape index (κ1) is 4.96. The van der Waals surface area contributed by atoms with Gasteiger partial charge in [-0.25, -0.2) is 0 Å². The number of carbonyl (C=O) groups is 1. The Balaban J connectivity index is 2.73. The topological polar surface area (TPSA) is 55.9 Å². The third kappa shape index (κ3) is 0.900. The highest BCUT2D eigenvalue weighted by atomic mass is 16.1. The lowest BCUT2D eigenvalue weighted by Crippen LogP contribution is -2.23. The van der Waals surface area contributed by atoms with Crippen LogP contribution in [0.2, 0.25) is 0 Å². The lowest BCUT2D eigenvalue weighted by Gasteiger charge is -1.95. The molecule has 1 heterocycles. The molecule has 0 fully saturated rings. The summed E-state index contributed by atoms with van der Waals surface area (Å²) < 4.78 is 0. The Hall–Kier alpha value is -1.19. The van der Waals surface area contributed by atoms with E-state index in [0.29, 0.717) is 5.84 Å². The maximum Gasteiger partial charge on any atom is 0.301 e. The van der Waals surface area contributed by atoms with E-state index in [1.807, 2.05) is 6.21 Å². The number of amidine groups is 1. The molecule has 0 unspecified atom stereocenters. The average Bonchev–Trinajstić information content (AvgIpc) is 1.64. The average molecular weight is 109 g/mol. The summed E-state index contributed by atoms with van der Waals surface area (Å²) in [5, 5.41) is 10.0. The van der Waals surface area contributed by atoms with Crippen molar-refractivity contribution in [3.8, 4) is 0 Å². The van der Waals surface area contributed by atoms with Gasteiger partial charge in [0.2, 0.25) is 0 Å². The van der Waals surface area contributed by atoms with Gasteiger partial charge in [-0.15, -0.1) is 10.2 Å². The van der Waals surface area contributed by atoms with E-state index in [2.05, 4.69) is 15.5 Å². The molecule has 0 saturated carbocycles. The van der Waals surface area contributed by atoms with Gasteiger partial charge in [-0.2, -0.15) is 5.32 Å². The molecule has 1 rings (SSSR count). The van der Waals surface area contributed by atoms with Crippen molar-refractivity contribution in [2.24, 2.45) is 10.2 Å². The molecule has 0 bridgehead atoms. The molecule has 0 aromatic carbocycles. The Morgan fingerprint density at radius 1 is 1.62 bits per heavy atom. The van der Waals surface area contributed by atoms with E-state index in [9.17, 15) is 4.79 Å². The molecule has 1 aliphatic rings. The van der Waals surface area contributed by atoms with Crippen LogP contribution in [0.4, 0.5) is 0 Å². The van der Waals surface area contributed by atoms with Crippen molar-refractivity contribution in [3.63, 3.8) is 0 Å². The summed E-state index contributed by atoms with van der Waals surface area (Å²) in [4.78, 5) is 10.2. The Labute approximate surface area is 46.3 Å². The van der Waals surface area contributed by atoms with E-state index in [1.165, 1.54) is 0 Å². The zero-order valence-corrected chi connectivity index (χ0v) is 4.25. The second-order valence-electron chi connectivity index (χ2n) is 1.28. The highest BCUT2D eigenvalue weighted by Gasteiger charge is 2.05. The molecule has 0 N–H and O–H groups in total. The second kappa shape index (κ2) is 1.73. The maximum absolute atomic E-state index is 10.2. The summed E-state index contributed by atoms with van der Waals surface area (Å²) in [6.45, 7) is 1.60. The van der Waals surface area contributed by atoms with Crippen molar-refractivity contribution in [1.29, 1.82) is 0 Å². The minimum atomic E-state index is -0.461. The van der Waals surface area contributed by atoms with E-state index in [0.717, 1.165) is 0 Å². The first-order valence-corrected chi connectivity index (χ1v) is 2.05. The minimum Gasteiger partial charge on any atom is -0.265 e. The van der Waals surface area contributed by atoms with Crippen molar-refractivity contribution in [2.45, 2.75) is 6.92 Å². The largest absolute Gasteiger partial charge is 0.301 e. The second-order valence-corrected chi connectivity index (χ2v) is 1.28. The first-order chi connectivity index (χ1) is 3.79. The third-order valence-electron chi connectivity index (χ3n) is 0.604. The Morgan fingerprint density at radius 3 is 2.75 bits per heavy atom. The van der Waals surface area contributed by atoms with Crippen LogP contribution in [0.1, 0.15) is 6.92 Å². The molecule has 0 aromatic heterocycles. The van der Waals surface area contributed by atoms with E-state index >= 15 is 0 Å². The summed E-state index contributed by atoms with van der Waals surface area (Å²) in [7, 11) is 0. The first-order valence-electron chi connectivity index (χ1n) is 2.05. The number of hydrogen-bond acceptors (Lipinski definition) is 3. The molecule has 4 heteroatoms. The van der Waals surface area contributed by atoms with Gasteiger partial charge in [0.1, 0.15) is 0 Å². The van der Waals surface area contributed by atoms with Crippen molar-refractivity contribution < 1.29 is 4.79 Å². The van der Waals surface area contributed by atoms with Gasteiger partial charge in [0, 0.05) is 0 Å². The number of nitrogens with zero attached hydrogens (tertiary/aromatic N) is 3. The standard InChI is InChI=1S/C4H3N3O/c1-3-6-4(8)2-5-7-3/h1H3. The summed E-state index contributed by atoms with van der Waals surface area (Å²) in [5.41, 5.74) is 0. The quantitative estimate of drug-likeness (QED) is 0.410. The van der Waals surface area contributed by atoms with Gasteiger partial charge in [-0.3, -0.25) is 4.79 Å². The number of amides is 1. The SMILES string of the molecule is CC1=NN=[C]C(=O)[N]1. The molecular weight excluding hydrogens is 106 g/mol. The zero-order valence-electron chi connectivity index (χ0n) is 4.25. The highest BCUT2D eigenvalue weighted by Crippen LogP contribution is 1.82. The molecule has 0 spiro atoms. The Kier molecular flexibility index (Phi) is 1.07. The Bertz CT molecular complexity index is 170. The van der Waals surface area contributed by atoms with Crippen molar-refractivity contribution in [1.82, 2.24) is 5.32 Å². The number of rotatable bonds is 0. The van der Waals surface area contributed by atoms with Gasteiger partial charge in [-0.05, 0) is 6.92 Å². The van der Waals surface area contributed by atoms with Crippen molar-refractivity contribution >= 4 is 18.0 Å². The van der Waals surface area contributed by atoms with E-state index in [1.54, 1.807) is 6.92 Å². The van der Waals surface area contributed by atoms with Crippen LogP contribution in [-0.2, 0) is 4.79 Å². The van der Waals surface area contributed by atoms with Crippen LogP contribution >= 0.6 is 0 Å². The minimum absolute atomic E-state index is 0.383. The van der Waals surface area contributed by atoms with Gasteiger partial charge in [0.25, 0.3) is 0 Å². The van der Waals surface area contributed by atoms with Crippen LogP contribution in [-0.4, -0.2) is 18.0 Å². The van der Waals surface area contributed by atoms with E-state index in [-0.39, 0.29) is 0 Å². The van der Waals surface area contributed by atoms with Crippen LogP contribution in [0.25, 0.3) is 0 Å². The van der Waals surface area contributed by atoms with Crippen LogP contribution in [0.5, 0.6) is 0 Å². The third-order valence-corrected chi connectivity index (χ3v) is 0.604. The maximum atomic E-state index is 10.2. The van der Waals surface area contributed by atoms with Gasteiger partial charge >= 0.3 is 5.91 Å². The van der Waals surface area contributed by atoms with Crippen molar-refractivity contribution in [2.75, 3.05) is 0 Å². The van der Waals surface area contributed by atoms with Gasteiger partial charge in [-0.1, -0.05) is 0 Å². The fraction of sp³-hybridized carbons (Fsp3) is 0.250. The van der Waals surface area contributed by atoms with Gasteiger partial charge < -0.3 is 0 Å². The predicted octanol–water partition coefficient (Wildman–Crippen LogP) is -0.588. The monoisotopic (exact) mass is 109 g/mol. The Morgan fingerprint density at radius 2 is 2.38 bits per heavy atom. The van der Waals surface area contributed by atoms with Gasteiger partial charge in [0.15, 0.2) is 12.1 Å². The molecule has 1 amide bonds. The fourth-order valence-electron chi connectivity index (χ4n) is 0.334. The molecule has 0 saturated heterocycles. The summed E-state index contributed by atoms with van der Waals surface area (Å²) >= 11 is 0. The lowest BCUT2D eigenvalue weighted by atomic mass is 10.5. The number of carbonyl (C=O) groups excluding carboxylic acids is 1. The molecule has 8 heavy (non-hydrogen) atoms. The normalized spacial score (nSPS) is 17.6. The van der Waals surface area contributed by atoms with E-state index < -0.39 is 5.91 Å². The molecule has 1 aliphatic heterocycles. The van der Waals surface area contributed by atoms with Crippen molar-refractivity contribution in [3.05, 3.63) is 0 Å². The summed E-state index contributed by atoms with van der Waals surface area (Å²) in [6.07, 6.45) is 2.04. The molecule has 0 atom stereocenters. The number of hydrogen-bond donors (Lipinski definition) is 0. The van der Waals surface area contributed by atoms with Gasteiger partial charge in [0.05, 0.1) is 0 Å². The predicted molar refractivity (Wildman–Crippen MR) is 27.7 cm³/mol. The van der Waals surface area contributed by atoms with E-state index in [4.69, 9.17) is 0 Å². The summed E-state index contributed by atoms with van der Waals surface area (Å²) in [5.74, 6) is -0.0775. The molecular formula is C4H3N3O. The smallest absolute Gasteiger partial charge is 0.265 e. The molecule has 4 nitrogen and oxygen atoms in total. The fourth-order valence-corrected chi connectivity index (χ4v) is 0.334. The highest BCUT2D eigenvalue weighted by molar-refractivity contribution is 6.30. The zero-order chi connectivity index (χ0) is 5.98. The molecule has 0 aliphatic carbocycles. The lowest BCUT2D eigenvalue weighted by molar-refractivity contribution is -0.113. The molecule has 40 valence electrons. The summed E-state index contributed by atoms with van der Waals surface area (Å²) in [6, 6.07) is 0. The van der Waals surface area contributed by atoms with Crippen LogP contribution in [0.3, 0.4) is 0 Å². The van der Waals surface area contributed by atoms with Crippen LogP contribution in [0, 0.1) is 0 Å². The van der Waals surface area contributed by atoms with Crippen LogP contribution < -0.4 is 5.32 Å².